The van der Waals surface area contributed by atoms with E-state index in [-0.39, 0.29) is 18.2 Å². The minimum atomic E-state index is -0.248. The number of hydrogen-bond acceptors (Lipinski definition) is 4. The molecule has 6 heteroatoms. The molecular weight excluding hydrogens is 335 g/mol. The van der Waals surface area contributed by atoms with Gasteiger partial charge >= 0.3 is 0 Å². The number of pyridine rings is 1. The first-order valence-electron chi connectivity index (χ1n) is 9.11. The van der Waals surface area contributed by atoms with Crippen molar-refractivity contribution in [1.82, 2.24) is 9.47 Å². The molecule has 4 heterocycles. The Morgan fingerprint density at radius 1 is 1.19 bits per heavy atom. The van der Waals surface area contributed by atoms with E-state index in [1.165, 1.54) is 6.07 Å². The molecule has 136 valence electrons. The second-order valence-corrected chi connectivity index (χ2v) is 7.56. The number of halogens is 1. The maximum absolute atomic E-state index is 14.0. The summed E-state index contributed by atoms with van der Waals surface area (Å²) >= 11 is 0. The fourth-order valence-corrected chi connectivity index (χ4v) is 4.74. The molecule has 5 nitrogen and oxygen atoms in total. The Morgan fingerprint density at radius 3 is 3.04 bits per heavy atom. The van der Waals surface area contributed by atoms with Gasteiger partial charge in [0.25, 0.3) is 5.56 Å². The van der Waals surface area contributed by atoms with Crippen LogP contribution in [0.4, 0.5) is 4.39 Å². The van der Waals surface area contributed by atoms with Crippen LogP contribution in [0.2, 0.25) is 0 Å². The Morgan fingerprint density at radius 2 is 2.12 bits per heavy atom. The van der Waals surface area contributed by atoms with Crippen LogP contribution < -0.4 is 10.3 Å². The van der Waals surface area contributed by atoms with E-state index in [0.717, 1.165) is 48.6 Å². The minimum absolute atomic E-state index is 0.0956. The molecule has 1 aromatic heterocycles. The molecular formula is C20H21FN2O3. The van der Waals surface area contributed by atoms with E-state index < -0.39 is 0 Å². The number of rotatable bonds is 2. The number of piperidine rings is 1. The van der Waals surface area contributed by atoms with Gasteiger partial charge in [-0.15, -0.1) is 0 Å². The van der Waals surface area contributed by atoms with Crippen LogP contribution in [0.15, 0.2) is 35.1 Å². The summed E-state index contributed by atoms with van der Waals surface area (Å²) in [5.74, 6) is 1.33. The lowest BCUT2D eigenvalue weighted by molar-refractivity contribution is -0.0179. The molecule has 0 radical (unpaired) electrons. The molecule has 2 unspecified atom stereocenters. The smallest absolute Gasteiger partial charge is 0.250 e. The lowest BCUT2D eigenvalue weighted by atomic mass is 9.83. The number of nitrogens with zero attached hydrogens (tertiary/aromatic N) is 2. The predicted octanol–water partition coefficient (Wildman–Crippen LogP) is 2.47. The number of likely N-dealkylation sites (tertiary alicyclic amines) is 1. The van der Waals surface area contributed by atoms with E-state index in [9.17, 15) is 9.18 Å². The first-order valence-corrected chi connectivity index (χ1v) is 9.11. The standard InChI is InChI=1S/C20H21FN2O3/c21-17-5-15(20-16(6-17)11-25-12-26-20)10-22-7-13-4-14(9-22)18-2-1-3-19(24)23(18)8-13/h1-3,5-6,13-14H,4,7-12H2. The Labute approximate surface area is 150 Å². The molecule has 2 atom stereocenters. The van der Waals surface area contributed by atoms with Crippen LogP contribution in [0.1, 0.15) is 29.2 Å². The minimum Gasteiger partial charge on any atom is -0.467 e. The summed E-state index contributed by atoms with van der Waals surface area (Å²) in [5, 5.41) is 0. The molecule has 2 bridgehead atoms. The molecule has 0 N–H and O–H groups in total. The van der Waals surface area contributed by atoms with Crippen LogP contribution >= 0.6 is 0 Å². The van der Waals surface area contributed by atoms with Crippen LogP contribution in [0.5, 0.6) is 5.75 Å². The summed E-state index contributed by atoms with van der Waals surface area (Å²) in [4.78, 5) is 14.5. The molecule has 0 saturated carbocycles. The number of hydrogen-bond donors (Lipinski definition) is 0. The van der Waals surface area contributed by atoms with E-state index in [2.05, 4.69) is 11.0 Å². The quantitative estimate of drug-likeness (QED) is 0.829. The van der Waals surface area contributed by atoms with Gasteiger partial charge in [0.05, 0.1) is 6.61 Å². The van der Waals surface area contributed by atoms with Gasteiger partial charge in [0.1, 0.15) is 11.6 Å². The number of ether oxygens (including phenoxy) is 2. The van der Waals surface area contributed by atoms with Gasteiger partial charge in [-0.25, -0.2) is 4.39 Å². The number of fused-ring (bicyclic) bond motifs is 5. The average molecular weight is 356 g/mol. The van der Waals surface area contributed by atoms with Gasteiger partial charge in [0.2, 0.25) is 0 Å². The normalized spacial score (nSPS) is 24.5. The van der Waals surface area contributed by atoms with Gasteiger partial charge in [0.15, 0.2) is 6.79 Å². The van der Waals surface area contributed by atoms with E-state index >= 15 is 0 Å². The Kier molecular flexibility index (Phi) is 3.83. The highest BCUT2D eigenvalue weighted by atomic mass is 19.1. The zero-order valence-electron chi connectivity index (χ0n) is 14.5. The molecule has 3 aliphatic heterocycles. The summed E-state index contributed by atoms with van der Waals surface area (Å²) in [6, 6.07) is 8.62. The summed E-state index contributed by atoms with van der Waals surface area (Å²) in [6.07, 6.45) is 1.12. The summed E-state index contributed by atoms with van der Waals surface area (Å²) < 4.78 is 26.9. The Bertz CT molecular complexity index is 910. The maximum Gasteiger partial charge on any atom is 0.250 e. The molecule has 5 rings (SSSR count). The first-order chi connectivity index (χ1) is 12.7. The number of benzene rings is 1. The molecule has 26 heavy (non-hydrogen) atoms. The highest BCUT2D eigenvalue weighted by Gasteiger charge is 2.34. The summed E-state index contributed by atoms with van der Waals surface area (Å²) in [7, 11) is 0. The van der Waals surface area contributed by atoms with E-state index in [1.807, 2.05) is 10.6 Å². The molecule has 1 saturated heterocycles. The van der Waals surface area contributed by atoms with Gasteiger partial charge in [0, 0.05) is 55.0 Å². The highest BCUT2D eigenvalue weighted by molar-refractivity contribution is 5.42. The monoisotopic (exact) mass is 356 g/mol. The largest absolute Gasteiger partial charge is 0.467 e. The molecule has 1 aromatic carbocycles. The topological polar surface area (TPSA) is 43.7 Å². The van der Waals surface area contributed by atoms with Crippen molar-refractivity contribution in [3.63, 3.8) is 0 Å². The molecule has 1 fully saturated rings. The second-order valence-electron chi connectivity index (χ2n) is 7.56. The van der Waals surface area contributed by atoms with Gasteiger partial charge in [-0.1, -0.05) is 6.07 Å². The van der Waals surface area contributed by atoms with Crippen molar-refractivity contribution in [2.75, 3.05) is 19.9 Å². The van der Waals surface area contributed by atoms with Crippen LogP contribution in [-0.2, 0) is 24.4 Å². The van der Waals surface area contributed by atoms with Gasteiger partial charge < -0.3 is 14.0 Å². The van der Waals surface area contributed by atoms with E-state index in [1.54, 1.807) is 12.1 Å². The molecule has 0 aliphatic carbocycles. The predicted molar refractivity (Wildman–Crippen MR) is 93.5 cm³/mol. The third kappa shape index (κ3) is 2.73. The van der Waals surface area contributed by atoms with Crippen molar-refractivity contribution in [2.24, 2.45) is 5.92 Å². The molecule has 2 aromatic rings. The van der Waals surface area contributed by atoms with Crippen molar-refractivity contribution in [2.45, 2.75) is 32.0 Å². The third-order valence-electron chi connectivity index (χ3n) is 5.70. The van der Waals surface area contributed by atoms with Crippen LogP contribution in [-0.4, -0.2) is 29.3 Å². The maximum atomic E-state index is 14.0. The summed E-state index contributed by atoms with van der Waals surface area (Å²) in [6.45, 7) is 3.83. The van der Waals surface area contributed by atoms with Crippen LogP contribution in [0, 0.1) is 11.7 Å². The lowest BCUT2D eigenvalue weighted by Crippen LogP contribution is -2.46. The highest BCUT2D eigenvalue weighted by Crippen LogP contribution is 2.37. The molecule has 0 amide bonds. The third-order valence-corrected chi connectivity index (χ3v) is 5.70. The van der Waals surface area contributed by atoms with Crippen molar-refractivity contribution >= 4 is 0 Å². The molecule has 3 aliphatic rings. The van der Waals surface area contributed by atoms with Gasteiger partial charge in [-0.05, 0) is 30.5 Å². The first kappa shape index (κ1) is 16.0. The van der Waals surface area contributed by atoms with Crippen molar-refractivity contribution in [3.05, 3.63) is 63.3 Å². The van der Waals surface area contributed by atoms with Crippen molar-refractivity contribution in [3.8, 4) is 5.75 Å². The fourth-order valence-electron chi connectivity index (χ4n) is 4.74. The lowest BCUT2D eigenvalue weighted by Gasteiger charge is -2.43. The van der Waals surface area contributed by atoms with Crippen LogP contribution in [0.3, 0.4) is 0 Å². The average Bonchev–Trinajstić information content (AvgIpc) is 2.62. The van der Waals surface area contributed by atoms with Crippen molar-refractivity contribution in [1.29, 1.82) is 0 Å². The second kappa shape index (κ2) is 6.21. The van der Waals surface area contributed by atoms with Crippen LogP contribution in [0.25, 0.3) is 0 Å². The van der Waals surface area contributed by atoms with Gasteiger partial charge in [-0.3, -0.25) is 9.69 Å². The Balaban J connectivity index is 1.42. The summed E-state index contributed by atoms with van der Waals surface area (Å²) in [5.41, 5.74) is 2.89. The van der Waals surface area contributed by atoms with E-state index in [4.69, 9.17) is 9.47 Å². The fraction of sp³-hybridized carbons (Fsp3) is 0.450. The van der Waals surface area contributed by atoms with E-state index in [0.29, 0.717) is 25.0 Å². The van der Waals surface area contributed by atoms with Crippen molar-refractivity contribution < 1.29 is 13.9 Å². The number of aromatic nitrogens is 1. The Hall–Kier alpha value is -2.18. The zero-order valence-corrected chi connectivity index (χ0v) is 14.5. The zero-order chi connectivity index (χ0) is 17.7. The SMILES string of the molecule is O=c1cccc2n1CC1CC2CN(Cc2cc(F)cc3c2OCOC3)C1. The van der Waals surface area contributed by atoms with Gasteiger partial charge in [-0.2, -0.15) is 0 Å². The molecule has 0 spiro atoms.